The van der Waals surface area contributed by atoms with Crippen LogP contribution in [-0.2, 0) is 12.1 Å². The van der Waals surface area contributed by atoms with Crippen molar-refractivity contribution in [1.82, 2.24) is 10.6 Å². The van der Waals surface area contributed by atoms with Crippen LogP contribution in [0, 0.1) is 6.92 Å². The van der Waals surface area contributed by atoms with Gasteiger partial charge in [-0.05, 0) is 38.5 Å². The first-order valence-electron chi connectivity index (χ1n) is 7.85. The number of guanidine groups is 1. The Balaban J connectivity index is 1.97. The number of furan rings is 1. The summed E-state index contributed by atoms with van der Waals surface area (Å²) in [5, 5.41) is 16.8. The van der Waals surface area contributed by atoms with Crippen LogP contribution < -0.4 is 10.6 Å². The SMILES string of the molecule is CCNC(=NCc1ccc(C)cc1)NCC(C)(O)c1ccco1. The van der Waals surface area contributed by atoms with Gasteiger partial charge in [-0.2, -0.15) is 0 Å². The Bertz CT molecular complexity index is 616. The van der Waals surface area contributed by atoms with Crippen molar-refractivity contribution >= 4 is 5.96 Å². The molecule has 0 amide bonds. The second-order valence-corrected chi connectivity index (χ2v) is 5.79. The molecule has 1 heterocycles. The molecule has 1 aromatic carbocycles. The number of benzene rings is 1. The fraction of sp³-hybridized carbons (Fsp3) is 0.389. The quantitative estimate of drug-likeness (QED) is 0.566. The van der Waals surface area contributed by atoms with Gasteiger partial charge in [-0.1, -0.05) is 29.8 Å². The first-order chi connectivity index (χ1) is 11.0. The van der Waals surface area contributed by atoms with Crippen molar-refractivity contribution < 1.29 is 9.52 Å². The van der Waals surface area contributed by atoms with Crippen LogP contribution in [0.4, 0.5) is 0 Å². The van der Waals surface area contributed by atoms with Crippen LogP contribution in [0.1, 0.15) is 30.7 Å². The van der Waals surface area contributed by atoms with Crippen molar-refractivity contribution in [2.75, 3.05) is 13.1 Å². The van der Waals surface area contributed by atoms with E-state index in [2.05, 4.69) is 46.8 Å². The fourth-order valence-electron chi connectivity index (χ4n) is 2.13. The van der Waals surface area contributed by atoms with E-state index in [-0.39, 0.29) is 0 Å². The fourth-order valence-corrected chi connectivity index (χ4v) is 2.13. The molecule has 0 saturated carbocycles. The van der Waals surface area contributed by atoms with Crippen LogP contribution in [0.3, 0.4) is 0 Å². The van der Waals surface area contributed by atoms with Crippen molar-refractivity contribution in [3.63, 3.8) is 0 Å². The second kappa shape index (κ2) is 7.83. The van der Waals surface area contributed by atoms with E-state index >= 15 is 0 Å². The molecule has 124 valence electrons. The topological polar surface area (TPSA) is 69.8 Å². The summed E-state index contributed by atoms with van der Waals surface area (Å²) in [4.78, 5) is 4.55. The van der Waals surface area contributed by atoms with E-state index < -0.39 is 5.60 Å². The predicted octanol–water partition coefficient (Wildman–Crippen LogP) is 2.55. The molecule has 23 heavy (non-hydrogen) atoms. The van der Waals surface area contributed by atoms with Crippen LogP contribution in [0.5, 0.6) is 0 Å². The summed E-state index contributed by atoms with van der Waals surface area (Å²) in [6.07, 6.45) is 1.56. The number of aliphatic imine (C=N–C) groups is 1. The van der Waals surface area contributed by atoms with E-state index in [1.807, 2.05) is 6.92 Å². The van der Waals surface area contributed by atoms with Gasteiger partial charge in [-0.25, -0.2) is 4.99 Å². The average molecular weight is 315 g/mol. The highest BCUT2D eigenvalue weighted by atomic mass is 16.4. The highest BCUT2D eigenvalue weighted by Gasteiger charge is 2.26. The van der Waals surface area contributed by atoms with E-state index in [0.717, 1.165) is 12.1 Å². The molecule has 0 spiro atoms. The molecule has 0 radical (unpaired) electrons. The summed E-state index contributed by atoms with van der Waals surface area (Å²) in [5.41, 5.74) is 1.28. The zero-order chi connectivity index (χ0) is 16.7. The van der Waals surface area contributed by atoms with Crippen molar-refractivity contribution in [1.29, 1.82) is 0 Å². The number of nitrogens with zero attached hydrogens (tertiary/aromatic N) is 1. The summed E-state index contributed by atoms with van der Waals surface area (Å²) in [6.45, 7) is 7.42. The molecule has 3 N–H and O–H groups in total. The molecule has 5 nitrogen and oxygen atoms in total. The van der Waals surface area contributed by atoms with Crippen LogP contribution in [0.2, 0.25) is 0 Å². The standard InChI is InChI=1S/C18H25N3O2/c1-4-19-17(20-12-15-9-7-14(2)8-10-15)21-13-18(3,22)16-6-5-11-23-16/h5-11,22H,4,12-13H2,1-3H3,(H2,19,20,21). The molecule has 1 unspecified atom stereocenters. The van der Waals surface area contributed by atoms with Crippen molar-refractivity contribution in [3.8, 4) is 0 Å². The van der Waals surface area contributed by atoms with Crippen LogP contribution in [0.25, 0.3) is 0 Å². The summed E-state index contributed by atoms with van der Waals surface area (Å²) >= 11 is 0. The van der Waals surface area contributed by atoms with Crippen molar-refractivity contribution in [2.24, 2.45) is 4.99 Å². The van der Waals surface area contributed by atoms with Gasteiger partial charge >= 0.3 is 0 Å². The van der Waals surface area contributed by atoms with Crippen molar-refractivity contribution in [3.05, 3.63) is 59.5 Å². The number of hydrogen-bond donors (Lipinski definition) is 3. The lowest BCUT2D eigenvalue weighted by molar-refractivity contribution is 0.0386. The molecule has 2 rings (SSSR count). The molecular weight excluding hydrogens is 290 g/mol. The Morgan fingerprint density at radius 1 is 1.22 bits per heavy atom. The third-order valence-electron chi connectivity index (χ3n) is 3.54. The lowest BCUT2D eigenvalue weighted by Gasteiger charge is -2.22. The van der Waals surface area contributed by atoms with Crippen LogP contribution in [0.15, 0.2) is 52.1 Å². The minimum atomic E-state index is -1.09. The Labute approximate surface area is 137 Å². The van der Waals surface area contributed by atoms with Gasteiger partial charge in [0.05, 0.1) is 19.4 Å². The maximum absolute atomic E-state index is 10.5. The Hall–Kier alpha value is -2.27. The van der Waals surface area contributed by atoms with Crippen LogP contribution in [-0.4, -0.2) is 24.2 Å². The minimum absolute atomic E-state index is 0.306. The van der Waals surface area contributed by atoms with E-state index in [0.29, 0.717) is 24.8 Å². The first kappa shape index (κ1) is 17.1. The molecule has 0 aliphatic heterocycles. The number of aliphatic hydroxyl groups is 1. The van der Waals surface area contributed by atoms with Gasteiger partial charge in [0.2, 0.25) is 0 Å². The second-order valence-electron chi connectivity index (χ2n) is 5.79. The molecule has 0 bridgehead atoms. The number of hydrogen-bond acceptors (Lipinski definition) is 3. The van der Waals surface area contributed by atoms with Gasteiger partial charge in [0.1, 0.15) is 11.4 Å². The molecule has 0 aliphatic carbocycles. The molecule has 0 saturated heterocycles. The van der Waals surface area contributed by atoms with Crippen LogP contribution >= 0.6 is 0 Å². The van der Waals surface area contributed by atoms with Gasteiger partial charge in [0, 0.05) is 6.54 Å². The van der Waals surface area contributed by atoms with Gasteiger partial charge in [0.15, 0.2) is 5.96 Å². The molecule has 0 aliphatic rings. The summed E-state index contributed by atoms with van der Waals surface area (Å²) in [6, 6.07) is 11.8. The number of rotatable bonds is 6. The molecule has 0 fully saturated rings. The monoisotopic (exact) mass is 315 g/mol. The third-order valence-corrected chi connectivity index (χ3v) is 3.54. The smallest absolute Gasteiger partial charge is 0.191 e. The Morgan fingerprint density at radius 3 is 2.57 bits per heavy atom. The number of aryl methyl sites for hydroxylation is 1. The maximum atomic E-state index is 10.5. The first-order valence-corrected chi connectivity index (χ1v) is 7.85. The summed E-state index contributed by atoms with van der Waals surface area (Å²) < 4.78 is 5.28. The molecule has 1 atom stereocenters. The minimum Gasteiger partial charge on any atom is -0.466 e. The van der Waals surface area contributed by atoms with E-state index in [1.165, 1.54) is 5.56 Å². The Morgan fingerprint density at radius 2 is 1.96 bits per heavy atom. The lowest BCUT2D eigenvalue weighted by Crippen LogP contribution is -2.44. The number of nitrogens with one attached hydrogen (secondary N) is 2. The van der Waals surface area contributed by atoms with Gasteiger partial charge in [-0.15, -0.1) is 0 Å². The van der Waals surface area contributed by atoms with E-state index in [9.17, 15) is 5.11 Å². The van der Waals surface area contributed by atoms with E-state index in [4.69, 9.17) is 4.42 Å². The van der Waals surface area contributed by atoms with Crippen molar-refractivity contribution in [2.45, 2.75) is 32.9 Å². The zero-order valence-corrected chi connectivity index (χ0v) is 14.0. The third kappa shape index (κ3) is 5.14. The summed E-state index contributed by atoms with van der Waals surface area (Å²) in [5.74, 6) is 1.19. The molecule has 2 aromatic rings. The van der Waals surface area contributed by atoms with E-state index in [1.54, 1.807) is 25.3 Å². The summed E-state index contributed by atoms with van der Waals surface area (Å²) in [7, 11) is 0. The molecule has 1 aromatic heterocycles. The maximum Gasteiger partial charge on any atom is 0.191 e. The predicted molar refractivity (Wildman–Crippen MR) is 92.3 cm³/mol. The highest BCUT2D eigenvalue weighted by molar-refractivity contribution is 5.79. The largest absolute Gasteiger partial charge is 0.466 e. The van der Waals surface area contributed by atoms with Gasteiger partial charge < -0.3 is 20.2 Å². The lowest BCUT2D eigenvalue weighted by atomic mass is 10.0. The molecular formula is C18H25N3O2. The van der Waals surface area contributed by atoms with Gasteiger partial charge in [0.25, 0.3) is 0 Å². The van der Waals surface area contributed by atoms with Gasteiger partial charge in [-0.3, -0.25) is 0 Å². The zero-order valence-electron chi connectivity index (χ0n) is 14.0. The Kier molecular flexibility index (Phi) is 5.82. The molecule has 5 heteroatoms. The normalized spacial score (nSPS) is 14.3. The average Bonchev–Trinajstić information content (AvgIpc) is 3.07. The highest BCUT2D eigenvalue weighted by Crippen LogP contribution is 2.19.